The Morgan fingerprint density at radius 3 is 2.60 bits per heavy atom. The summed E-state index contributed by atoms with van der Waals surface area (Å²) in [6.45, 7) is 0. The minimum absolute atomic E-state index is 0.319. The average Bonchev–Trinajstić information content (AvgIpc) is 3.21. The summed E-state index contributed by atoms with van der Waals surface area (Å²) in [4.78, 5) is 4.55. The molecule has 0 bridgehead atoms. The molecule has 0 atom stereocenters. The normalized spacial score (nSPS) is 10.6. The summed E-state index contributed by atoms with van der Waals surface area (Å²) < 4.78 is 5.49. The molecular weight excluding hydrogens is 312 g/mol. The molecule has 4 rings (SSSR count). The van der Waals surface area contributed by atoms with Gasteiger partial charge < -0.3 is 9.84 Å². The van der Waals surface area contributed by atoms with Crippen LogP contribution in [0.3, 0.4) is 0 Å². The molecule has 0 fully saturated rings. The number of fused-ring (bicyclic) bond motifs is 1. The van der Waals surface area contributed by atoms with Gasteiger partial charge in [0.2, 0.25) is 0 Å². The summed E-state index contributed by atoms with van der Waals surface area (Å²) in [5.74, 6) is 6.53. The number of furan rings is 1. The van der Waals surface area contributed by atoms with E-state index in [2.05, 4.69) is 28.6 Å². The van der Waals surface area contributed by atoms with Crippen LogP contribution in [0.1, 0.15) is 5.56 Å². The number of anilines is 1. The Balaban J connectivity index is 2.03. The molecule has 5 nitrogen and oxygen atoms in total. The van der Waals surface area contributed by atoms with E-state index in [1.807, 2.05) is 42.5 Å². The summed E-state index contributed by atoms with van der Waals surface area (Å²) in [7, 11) is 0. The minimum atomic E-state index is 0.319. The van der Waals surface area contributed by atoms with Crippen LogP contribution in [0, 0.1) is 11.3 Å². The summed E-state index contributed by atoms with van der Waals surface area (Å²) in [6.07, 6.45) is 1.57. The third kappa shape index (κ3) is 2.51. The lowest BCUT2D eigenvalue weighted by Crippen LogP contribution is -2.11. The summed E-state index contributed by atoms with van der Waals surface area (Å²) in [6, 6.07) is 21.7. The van der Waals surface area contributed by atoms with Crippen LogP contribution in [-0.2, 0) is 0 Å². The fourth-order valence-electron chi connectivity index (χ4n) is 2.98. The maximum absolute atomic E-state index is 9.54. The number of nitrogens with one attached hydrogen (secondary N) is 1. The van der Waals surface area contributed by atoms with E-state index in [1.165, 1.54) is 0 Å². The number of nitrogen functional groups attached to an aromatic ring is 1. The van der Waals surface area contributed by atoms with Gasteiger partial charge in [-0.15, -0.1) is 0 Å². The van der Waals surface area contributed by atoms with Crippen LogP contribution in [0.25, 0.3) is 33.4 Å². The quantitative estimate of drug-likeness (QED) is 0.432. The molecule has 0 spiro atoms. The molecule has 3 N–H and O–H groups in total. The van der Waals surface area contributed by atoms with E-state index in [4.69, 9.17) is 10.3 Å². The first-order valence-electron chi connectivity index (χ1n) is 7.75. The monoisotopic (exact) mass is 326 g/mol. The number of pyridine rings is 1. The predicted octanol–water partition coefficient (Wildman–Crippen LogP) is 4.32. The van der Waals surface area contributed by atoms with Crippen molar-refractivity contribution >= 4 is 16.6 Å². The minimum Gasteiger partial charge on any atom is -0.464 e. The number of benzene rings is 2. The predicted molar refractivity (Wildman–Crippen MR) is 97.4 cm³/mol. The molecule has 2 heterocycles. The van der Waals surface area contributed by atoms with Crippen LogP contribution in [0.5, 0.6) is 0 Å². The Hall–Kier alpha value is -3.62. The van der Waals surface area contributed by atoms with E-state index in [0.717, 1.165) is 22.0 Å². The van der Waals surface area contributed by atoms with Crippen molar-refractivity contribution in [3.8, 4) is 28.7 Å². The van der Waals surface area contributed by atoms with Gasteiger partial charge in [-0.3, -0.25) is 0 Å². The SMILES string of the molecule is N#Cc1c(-c2ccco2)cc(-c2cccc3ccccc23)nc1NN. The van der Waals surface area contributed by atoms with Crippen LogP contribution >= 0.6 is 0 Å². The van der Waals surface area contributed by atoms with Crippen molar-refractivity contribution in [2.75, 3.05) is 5.43 Å². The van der Waals surface area contributed by atoms with Gasteiger partial charge in [0.1, 0.15) is 17.4 Å². The first kappa shape index (κ1) is 14.9. The van der Waals surface area contributed by atoms with Gasteiger partial charge in [-0.05, 0) is 29.0 Å². The fraction of sp³-hybridized carbons (Fsp3) is 0. The highest BCUT2D eigenvalue weighted by atomic mass is 16.3. The number of hydrazine groups is 1. The van der Waals surface area contributed by atoms with Crippen LogP contribution in [0.4, 0.5) is 5.82 Å². The van der Waals surface area contributed by atoms with Crippen molar-refractivity contribution in [3.05, 3.63) is 72.5 Å². The zero-order valence-electron chi connectivity index (χ0n) is 13.2. The standard InChI is InChI=1S/C20H14N4O/c21-12-17-16(19-9-4-10-25-19)11-18(23-20(17)24-22)15-8-3-6-13-5-1-2-7-14(13)15/h1-11H,22H2,(H,23,24). The Morgan fingerprint density at radius 2 is 1.84 bits per heavy atom. The summed E-state index contributed by atoms with van der Waals surface area (Å²) >= 11 is 0. The van der Waals surface area contributed by atoms with Gasteiger partial charge in [0, 0.05) is 11.1 Å². The molecule has 4 aromatic rings. The molecule has 0 saturated heterocycles. The van der Waals surface area contributed by atoms with Gasteiger partial charge in [-0.1, -0.05) is 42.5 Å². The molecule has 0 amide bonds. The molecule has 2 aromatic heterocycles. The first-order chi connectivity index (χ1) is 12.3. The highest BCUT2D eigenvalue weighted by Crippen LogP contribution is 2.34. The maximum Gasteiger partial charge on any atom is 0.159 e. The fourth-order valence-corrected chi connectivity index (χ4v) is 2.98. The lowest BCUT2D eigenvalue weighted by Gasteiger charge is -2.12. The second kappa shape index (κ2) is 6.11. The van der Waals surface area contributed by atoms with E-state index in [-0.39, 0.29) is 0 Å². The van der Waals surface area contributed by atoms with Crippen molar-refractivity contribution in [2.45, 2.75) is 0 Å². The molecule has 0 radical (unpaired) electrons. The summed E-state index contributed by atoms with van der Waals surface area (Å²) in [5.41, 5.74) is 5.21. The van der Waals surface area contributed by atoms with Crippen LogP contribution < -0.4 is 11.3 Å². The van der Waals surface area contributed by atoms with E-state index < -0.39 is 0 Å². The number of rotatable bonds is 3. The highest BCUT2D eigenvalue weighted by molar-refractivity contribution is 5.96. The Labute approximate surface area is 144 Å². The highest BCUT2D eigenvalue weighted by Gasteiger charge is 2.17. The topological polar surface area (TPSA) is 87.9 Å². The van der Waals surface area contributed by atoms with Crippen LogP contribution in [-0.4, -0.2) is 4.98 Å². The molecule has 0 aliphatic carbocycles. The number of nitrogens with two attached hydrogens (primary N) is 1. The van der Waals surface area contributed by atoms with Gasteiger partial charge in [-0.2, -0.15) is 5.26 Å². The zero-order valence-corrected chi connectivity index (χ0v) is 13.2. The van der Waals surface area contributed by atoms with Gasteiger partial charge in [-0.25, -0.2) is 10.8 Å². The van der Waals surface area contributed by atoms with Crippen molar-refractivity contribution in [1.82, 2.24) is 4.98 Å². The Kier molecular flexibility index (Phi) is 3.65. The number of hydrogen-bond donors (Lipinski definition) is 2. The number of nitrogens with zero attached hydrogens (tertiary/aromatic N) is 2. The van der Waals surface area contributed by atoms with Gasteiger partial charge in [0.25, 0.3) is 0 Å². The molecule has 0 aliphatic rings. The van der Waals surface area contributed by atoms with Gasteiger partial charge in [0.15, 0.2) is 5.82 Å². The van der Waals surface area contributed by atoms with Crippen molar-refractivity contribution in [1.29, 1.82) is 5.26 Å². The smallest absolute Gasteiger partial charge is 0.159 e. The molecule has 120 valence electrons. The number of hydrogen-bond acceptors (Lipinski definition) is 5. The molecule has 0 aliphatic heterocycles. The third-order valence-electron chi connectivity index (χ3n) is 4.12. The van der Waals surface area contributed by atoms with Crippen molar-refractivity contribution in [3.63, 3.8) is 0 Å². The average molecular weight is 326 g/mol. The Morgan fingerprint density at radius 1 is 1.00 bits per heavy atom. The Bertz CT molecular complexity index is 1090. The van der Waals surface area contributed by atoms with E-state index in [1.54, 1.807) is 12.3 Å². The third-order valence-corrected chi connectivity index (χ3v) is 4.12. The van der Waals surface area contributed by atoms with Gasteiger partial charge in [0.05, 0.1) is 12.0 Å². The van der Waals surface area contributed by atoms with Gasteiger partial charge >= 0.3 is 0 Å². The first-order valence-corrected chi connectivity index (χ1v) is 7.75. The molecule has 25 heavy (non-hydrogen) atoms. The number of nitriles is 1. The van der Waals surface area contributed by atoms with Crippen LogP contribution in [0.2, 0.25) is 0 Å². The van der Waals surface area contributed by atoms with E-state index in [0.29, 0.717) is 22.7 Å². The number of aromatic nitrogens is 1. The second-order valence-electron chi connectivity index (χ2n) is 5.54. The lowest BCUT2D eigenvalue weighted by molar-refractivity contribution is 0.582. The largest absolute Gasteiger partial charge is 0.464 e. The summed E-state index contributed by atoms with van der Waals surface area (Å²) in [5, 5.41) is 11.7. The maximum atomic E-state index is 9.54. The molecule has 0 unspecified atom stereocenters. The van der Waals surface area contributed by atoms with Crippen LogP contribution in [0.15, 0.2) is 71.3 Å². The van der Waals surface area contributed by atoms with E-state index in [9.17, 15) is 5.26 Å². The zero-order chi connectivity index (χ0) is 17.2. The second-order valence-corrected chi connectivity index (χ2v) is 5.54. The molecular formula is C20H14N4O. The lowest BCUT2D eigenvalue weighted by atomic mass is 9.98. The van der Waals surface area contributed by atoms with Crippen molar-refractivity contribution in [2.24, 2.45) is 5.84 Å². The molecule has 5 heteroatoms. The van der Waals surface area contributed by atoms with Crippen molar-refractivity contribution < 1.29 is 4.42 Å². The molecule has 2 aromatic carbocycles. The molecule has 0 saturated carbocycles. The van der Waals surface area contributed by atoms with E-state index >= 15 is 0 Å².